The number of carboxylic acids is 1. The van der Waals surface area contributed by atoms with Gasteiger partial charge >= 0.3 is 11.9 Å². The van der Waals surface area contributed by atoms with Gasteiger partial charge in [0.15, 0.2) is 5.69 Å². The molecule has 0 spiro atoms. The number of ether oxygens (including phenoxy) is 1. The van der Waals surface area contributed by atoms with E-state index in [0.29, 0.717) is 18.0 Å². The lowest BCUT2D eigenvalue weighted by atomic mass is 10.1. The smallest absolute Gasteiger partial charge is 0.355 e. The number of hydrogen-bond donors (Lipinski definition) is 2. The molecule has 27 heavy (non-hydrogen) atoms. The molecule has 0 aliphatic carbocycles. The summed E-state index contributed by atoms with van der Waals surface area (Å²) in [5, 5.41) is 14.3. The van der Waals surface area contributed by atoms with Crippen LogP contribution in [0.25, 0.3) is 0 Å². The van der Waals surface area contributed by atoms with Crippen molar-refractivity contribution in [2.45, 2.75) is 51.7 Å². The number of thiazole rings is 1. The highest BCUT2D eigenvalue weighted by molar-refractivity contribution is 7.09. The Hall–Kier alpha value is -2.25. The Morgan fingerprint density at radius 3 is 2.56 bits per heavy atom. The van der Waals surface area contributed by atoms with Gasteiger partial charge in [0.2, 0.25) is 0 Å². The van der Waals surface area contributed by atoms with E-state index in [1.54, 1.807) is 0 Å². The molecule has 0 radical (unpaired) electrons. The van der Waals surface area contributed by atoms with Crippen LogP contribution in [0.5, 0.6) is 0 Å². The molecule has 1 aromatic heterocycles. The summed E-state index contributed by atoms with van der Waals surface area (Å²) in [6.07, 6.45) is 2.09. The third-order valence-corrected chi connectivity index (χ3v) is 4.59. The molecule has 0 aliphatic heterocycles. The summed E-state index contributed by atoms with van der Waals surface area (Å²) in [5.41, 5.74) is 0.664. The number of rotatable bonds is 9. The minimum Gasteiger partial charge on any atom is -0.476 e. The second-order valence-corrected chi connectivity index (χ2v) is 8.21. The van der Waals surface area contributed by atoms with Gasteiger partial charge in [-0.05, 0) is 45.7 Å². The fourth-order valence-electron chi connectivity index (χ4n) is 2.50. The van der Waals surface area contributed by atoms with E-state index in [1.807, 2.05) is 39.0 Å². The molecule has 2 N–H and O–H groups in total. The fourth-order valence-corrected chi connectivity index (χ4v) is 3.32. The van der Waals surface area contributed by atoms with E-state index in [4.69, 9.17) is 9.84 Å². The summed E-state index contributed by atoms with van der Waals surface area (Å²) in [7, 11) is 0. The summed E-state index contributed by atoms with van der Waals surface area (Å²) in [5.74, 6) is -1.42. The van der Waals surface area contributed by atoms with E-state index in [0.717, 1.165) is 12.8 Å². The molecular formula is C20H26N2O4S. The molecule has 7 heteroatoms. The number of carboxylic acid groups (broad SMARTS) is 1. The molecule has 6 nitrogen and oxygen atoms in total. The van der Waals surface area contributed by atoms with Gasteiger partial charge in [-0.2, -0.15) is 0 Å². The van der Waals surface area contributed by atoms with Gasteiger partial charge in [-0.1, -0.05) is 30.3 Å². The van der Waals surface area contributed by atoms with Crippen LogP contribution in [0.15, 0.2) is 35.7 Å². The topological polar surface area (TPSA) is 88.5 Å². The quantitative estimate of drug-likeness (QED) is 0.504. The summed E-state index contributed by atoms with van der Waals surface area (Å²) in [6, 6.07) is 9.60. The maximum atomic E-state index is 12.5. The van der Waals surface area contributed by atoms with Crippen molar-refractivity contribution in [2.75, 3.05) is 6.54 Å². The molecule has 1 atom stereocenters. The first-order valence-corrected chi connectivity index (χ1v) is 9.80. The number of aromatic nitrogens is 1. The Morgan fingerprint density at radius 2 is 1.96 bits per heavy atom. The molecular weight excluding hydrogens is 364 g/mol. The van der Waals surface area contributed by atoms with Gasteiger partial charge in [0.05, 0.1) is 5.01 Å². The Morgan fingerprint density at radius 1 is 1.26 bits per heavy atom. The predicted molar refractivity (Wildman–Crippen MR) is 105 cm³/mol. The number of nitrogens with zero attached hydrogens (tertiary/aromatic N) is 1. The highest BCUT2D eigenvalue weighted by atomic mass is 32.1. The second-order valence-electron chi connectivity index (χ2n) is 7.27. The lowest BCUT2D eigenvalue weighted by Crippen LogP contribution is -2.43. The minimum atomic E-state index is -1.07. The Kier molecular flexibility index (Phi) is 7.50. The van der Waals surface area contributed by atoms with Crippen LogP contribution in [0, 0.1) is 0 Å². The van der Waals surface area contributed by atoms with Crippen LogP contribution in [0.1, 0.15) is 48.3 Å². The Balaban J connectivity index is 1.95. The zero-order valence-electron chi connectivity index (χ0n) is 15.9. The van der Waals surface area contributed by atoms with E-state index >= 15 is 0 Å². The number of aryl methyl sites for hydroxylation is 1. The van der Waals surface area contributed by atoms with Crippen LogP contribution in [-0.2, 0) is 22.4 Å². The SMILES string of the molecule is CC(C)(C)OC(=O)C(Cc1nc(C(=O)O)cs1)NCCCc1ccccc1. The minimum absolute atomic E-state index is 0.00187. The molecule has 1 aromatic carbocycles. The number of esters is 1. The average molecular weight is 391 g/mol. The van der Waals surface area contributed by atoms with E-state index in [1.165, 1.54) is 22.3 Å². The predicted octanol–water partition coefficient (Wildman–Crippen LogP) is 3.32. The average Bonchev–Trinajstić information content (AvgIpc) is 3.06. The van der Waals surface area contributed by atoms with Crippen LogP contribution in [0.2, 0.25) is 0 Å². The number of aromatic carboxylic acids is 1. The highest BCUT2D eigenvalue weighted by Gasteiger charge is 2.26. The highest BCUT2D eigenvalue weighted by Crippen LogP contribution is 2.15. The first-order valence-electron chi connectivity index (χ1n) is 8.92. The molecule has 2 aromatic rings. The molecule has 1 unspecified atom stereocenters. The number of benzene rings is 1. The van der Waals surface area contributed by atoms with Gasteiger partial charge in [0.1, 0.15) is 11.6 Å². The monoisotopic (exact) mass is 390 g/mol. The zero-order valence-corrected chi connectivity index (χ0v) is 16.7. The van der Waals surface area contributed by atoms with Gasteiger partial charge in [-0.3, -0.25) is 4.79 Å². The van der Waals surface area contributed by atoms with Crippen LogP contribution >= 0.6 is 11.3 Å². The van der Waals surface area contributed by atoms with Crippen molar-refractivity contribution in [3.63, 3.8) is 0 Å². The summed E-state index contributed by atoms with van der Waals surface area (Å²) in [4.78, 5) is 27.6. The molecule has 1 heterocycles. The van der Waals surface area contributed by atoms with Gasteiger partial charge in [0.25, 0.3) is 0 Å². The van der Waals surface area contributed by atoms with E-state index < -0.39 is 17.6 Å². The van der Waals surface area contributed by atoms with Gasteiger partial charge in [0, 0.05) is 11.8 Å². The molecule has 146 valence electrons. The fraction of sp³-hybridized carbons (Fsp3) is 0.450. The Bertz CT molecular complexity index is 753. The van der Waals surface area contributed by atoms with Gasteiger partial charge in [-0.25, -0.2) is 9.78 Å². The number of hydrogen-bond acceptors (Lipinski definition) is 6. The van der Waals surface area contributed by atoms with E-state index in [2.05, 4.69) is 22.4 Å². The number of carbonyl (C=O) groups excluding carboxylic acids is 1. The second kappa shape index (κ2) is 9.62. The third kappa shape index (κ3) is 7.48. The lowest BCUT2D eigenvalue weighted by molar-refractivity contribution is -0.157. The van der Waals surface area contributed by atoms with E-state index in [9.17, 15) is 9.59 Å². The van der Waals surface area contributed by atoms with Gasteiger partial charge in [-0.15, -0.1) is 11.3 Å². The van der Waals surface area contributed by atoms with Gasteiger partial charge < -0.3 is 15.2 Å². The first-order chi connectivity index (χ1) is 12.7. The Labute approximate surface area is 163 Å². The maximum absolute atomic E-state index is 12.5. The van der Waals surface area contributed by atoms with Crippen molar-refractivity contribution < 1.29 is 19.4 Å². The largest absolute Gasteiger partial charge is 0.476 e. The van der Waals surface area contributed by atoms with Crippen molar-refractivity contribution in [1.82, 2.24) is 10.3 Å². The molecule has 2 rings (SSSR count). The summed E-state index contributed by atoms with van der Waals surface area (Å²) >= 11 is 1.24. The van der Waals surface area contributed by atoms with Crippen molar-refractivity contribution in [3.05, 3.63) is 52.0 Å². The van der Waals surface area contributed by atoms with Crippen LogP contribution < -0.4 is 5.32 Å². The normalized spacial score (nSPS) is 12.6. The van der Waals surface area contributed by atoms with Crippen molar-refractivity contribution >= 4 is 23.3 Å². The van der Waals surface area contributed by atoms with Crippen LogP contribution in [-0.4, -0.2) is 40.2 Å². The van der Waals surface area contributed by atoms with Crippen LogP contribution in [0.4, 0.5) is 0 Å². The van der Waals surface area contributed by atoms with Crippen molar-refractivity contribution in [1.29, 1.82) is 0 Å². The lowest BCUT2D eigenvalue weighted by Gasteiger charge is -2.24. The summed E-state index contributed by atoms with van der Waals surface area (Å²) in [6.45, 7) is 6.12. The standard InChI is InChI=1S/C20H26N2O4S/c1-20(2,3)26-19(25)15(12-17-22-16(13-27-17)18(23)24)21-11-7-10-14-8-5-4-6-9-14/h4-6,8-9,13,15,21H,7,10-12H2,1-3H3,(H,23,24). The van der Waals surface area contributed by atoms with Crippen molar-refractivity contribution in [2.24, 2.45) is 0 Å². The zero-order chi connectivity index (χ0) is 19.9. The third-order valence-electron chi connectivity index (χ3n) is 3.72. The molecule has 0 amide bonds. The molecule has 0 saturated carbocycles. The summed E-state index contributed by atoms with van der Waals surface area (Å²) < 4.78 is 5.50. The molecule has 0 aliphatic rings. The number of nitrogens with one attached hydrogen (secondary N) is 1. The van der Waals surface area contributed by atoms with Crippen molar-refractivity contribution in [3.8, 4) is 0 Å². The van der Waals surface area contributed by atoms with E-state index in [-0.39, 0.29) is 11.7 Å². The molecule has 0 bridgehead atoms. The first kappa shape index (κ1) is 21.1. The molecule has 0 fully saturated rings. The molecule has 0 saturated heterocycles. The van der Waals surface area contributed by atoms with Crippen LogP contribution in [0.3, 0.4) is 0 Å². The number of carbonyl (C=O) groups is 2. The maximum Gasteiger partial charge on any atom is 0.355 e.